The molecule has 0 radical (unpaired) electrons. The van der Waals surface area contributed by atoms with Gasteiger partial charge in [-0.05, 0) is 24.3 Å². The molecule has 0 unspecified atom stereocenters. The number of ether oxygens (including phenoxy) is 2. The molecule has 0 aliphatic carbocycles. The summed E-state index contributed by atoms with van der Waals surface area (Å²) in [7, 11) is 3.10. The Labute approximate surface area is 176 Å². The van der Waals surface area contributed by atoms with E-state index in [1.54, 1.807) is 67.4 Å². The van der Waals surface area contributed by atoms with E-state index in [0.717, 1.165) is 0 Å². The standard InChI is InChI=1S/C21H18N4O4S/c1-28-15-7-5-6-14(12-15)17(26)13-30-21-23-22-19-20(27)24(10-11-25(19)21)16-8-3-4-9-18(16)29-2/h3-12H,13H2,1-2H3. The number of para-hydroxylation sites is 2. The zero-order valence-corrected chi connectivity index (χ0v) is 17.1. The largest absolute Gasteiger partial charge is 0.497 e. The smallest absolute Gasteiger partial charge is 0.300 e. The monoisotopic (exact) mass is 422 g/mol. The first kappa shape index (κ1) is 19.7. The summed E-state index contributed by atoms with van der Waals surface area (Å²) in [5, 5.41) is 8.58. The number of benzene rings is 2. The lowest BCUT2D eigenvalue weighted by molar-refractivity contribution is 0.102. The van der Waals surface area contributed by atoms with Crippen LogP contribution in [0.1, 0.15) is 10.4 Å². The van der Waals surface area contributed by atoms with Gasteiger partial charge in [-0.25, -0.2) is 0 Å². The highest BCUT2D eigenvalue weighted by Gasteiger charge is 2.15. The molecule has 0 N–H and O–H groups in total. The van der Waals surface area contributed by atoms with Crippen LogP contribution in [-0.4, -0.2) is 44.9 Å². The molecule has 8 nitrogen and oxygen atoms in total. The number of carbonyl (C=O) groups is 1. The number of hydrogen-bond acceptors (Lipinski definition) is 7. The Kier molecular flexibility index (Phi) is 5.53. The Balaban J connectivity index is 1.60. The number of thioether (sulfide) groups is 1. The number of methoxy groups -OCH3 is 2. The number of rotatable bonds is 7. The van der Waals surface area contributed by atoms with Crippen molar-refractivity contribution in [3.63, 3.8) is 0 Å². The number of hydrogen-bond donors (Lipinski definition) is 0. The summed E-state index contributed by atoms with van der Waals surface area (Å²) in [4.78, 5) is 25.4. The molecule has 0 spiro atoms. The van der Waals surface area contributed by atoms with E-state index in [0.29, 0.717) is 27.9 Å². The number of fused-ring (bicyclic) bond motifs is 1. The molecule has 0 bridgehead atoms. The normalized spacial score (nSPS) is 10.9. The number of nitrogens with zero attached hydrogens (tertiary/aromatic N) is 4. The van der Waals surface area contributed by atoms with Crippen LogP contribution in [0.5, 0.6) is 11.5 Å². The SMILES string of the molecule is COc1cccc(C(=O)CSc2nnc3c(=O)n(-c4ccccc4OC)ccn23)c1. The van der Waals surface area contributed by atoms with Crippen LogP contribution < -0.4 is 15.0 Å². The van der Waals surface area contributed by atoms with Crippen molar-refractivity contribution in [2.75, 3.05) is 20.0 Å². The first-order valence-corrected chi connectivity index (χ1v) is 10.0. The average molecular weight is 422 g/mol. The number of ketones is 1. The lowest BCUT2D eigenvalue weighted by Gasteiger charge is -2.10. The Morgan fingerprint density at radius 1 is 1.03 bits per heavy atom. The van der Waals surface area contributed by atoms with Crippen LogP contribution in [0.4, 0.5) is 0 Å². The van der Waals surface area contributed by atoms with Gasteiger partial charge in [0.2, 0.25) is 5.65 Å². The highest BCUT2D eigenvalue weighted by molar-refractivity contribution is 7.99. The Morgan fingerprint density at radius 3 is 2.67 bits per heavy atom. The summed E-state index contributed by atoms with van der Waals surface area (Å²) < 4.78 is 13.5. The van der Waals surface area contributed by atoms with E-state index in [2.05, 4.69) is 10.2 Å². The van der Waals surface area contributed by atoms with E-state index in [1.807, 2.05) is 12.1 Å². The summed E-state index contributed by atoms with van der Waals surface area (Å²) in [6.45, 7) is 0. The van der Waals surface area contributed by atoms with E-state index in [-0.39, 0.29) is 22.7 Å². The second-order valence-corrected chi connectivity index (χ2v) is 7.21. The summed E-state index contributed by atoms with van der Waals surface area (Å²) in [6, 6.07) is 14.2. The van der Waals surface area contributed by atoms with Crippen LogP contribution in [-0.2, 0) is 0 Å². The van der Waals surface area contributed by atoms with Crippen LogP contribution in [0.15, 0.2) is 70.9 Å². The third-order valence-electron chi connectivity index (χ3n) is 4.51. The van der Waals surface area contributed by atoms with Gasteiger partial charge in [-0.15, -0.1) is 10.2 Å². The molecule has 0 aliphatic rings. The van der Waals surface area contributed by atoms with E-state index >= 15 is 0 Å². The predicted molar refractivity (Wildman–Crippen MR) is 113 cm³/mol. The molecular formula is C21H18N4O4S. The molecule has 4 rings (SSSR count). The molecule has 2 heterocycles. The van der Waals surface area contributed by atoms with Gasteiger partial charge in [0.1, 0.15) is 11.5 Å². The first-order chi connectivity index (χ1) is 14.6. The highest BCUT2D eigenvalue weighted by atomic mass is 32.2. The van der Waals surface area contributed by atoms with Gasteiger partial charge in [0, 0.05) is 18.0 Å². The molecule has 2 aromatic carbocycles. The zero-order valence-electron chi connectivity index (χ0n) is 16.3. The average Bonchev–Trinajstić information content (AvgIpc) is 3.21. The summed E-state index contributed by atoms with van der Waals surface area (Å²) in [5.74, 6) is 1.28. The van der Waals surface area contributed by atoms with Crippen molar-refractivity contribution in [1.82, 2.24) is 19.2 Å². The minimum atomic E-state index is -0.333. The van der Waals surface area contributed by atoms with Crippen molar-refractivity contribution in [1.29, 1.82) is 0 Å². The molecule has 0 atom stereocenters. The fraction of sp³-hybridized carbons (Fsp3) is 0.143. The van der Waals surface area contributed by atoms with Crippen molar-refractivity contribution in [3.05, 3.63) is 76.8 Å². The molecule has 0 saturated heterocycles. The number of Topliss-reactive ketones (excluding diaryl/α,β-unsaturated/α-hetero) is 1. The van der Waals surface area contributed by atoms with Crippen molar-refractivity contribution in [3.8, 4) is 17.2 Å². The third-order valence-corrected chi connectivity index (χ3v) is 5.45. The first-order valence-electron chi connectivity index (χ1n) is 9.02. The predicted octanol–water partition coefficient (Wildman–Crippen LogP) is 2.87. The van der Waals surface area contributed by atoms with E-state index in [4.69, 9.17) is 9.47 Å². The van der Waals surface area contributed by atoms with Gasteiger partial charge in [-0.1, -0.05) is 36.0 Å². The quantitative estimate of drug-likeness (QED) is 0.334. The molecule has 4 aromatic rings. The van der Waals surface area contributed by atoms with Gasteiger partial charge >= 0.3 is 5.56 Å². The molecule has 0 saturated carbocycles. The van der Waals surface area contributed by atoms with Crippen LogP contribution in [0.3, 0.4) is 0 Å². The van der Waals surface area contributed by atoms with Gasteiger partial charge < -0.3 is 9.47 Å². The molecule has 30 heavy (non-hydrogen) atoms. The molecule has 0 amide bonds. The Bertz CT molecular complexity index is 1280. The highest BCUT2D eigenvalue weighted by Crippen LogP contribution is 2.22. The molecule has 152 valence electrons. The summed E-state index contributed by atoms with van der Waals surface area (Å²) >= 11 is 1.22. The van der Waals surface area contributed by atoms with Crippen LogP contribution in [0, 0.1) is 0 Å². The molecule has 0 aliphatic heterocycles. The minimum absolute atomic E-state index is 0.0713. The summed E-state index contributed by atoms with van der Waals surface area (Å²) in [6.07, 6.45) is 3.33. The van der Waals surface area contributed by atoms with Crippen molar-refractivity contribution >= 4 is 23.2 Å². The maximum absolute atomic E-state index is 12.9. The van der Waals surface area contributed by atoms with Gasteiger partial charge in [-0.2, -0.15) is 0 Å². The lowest BCUT2D eigenvalue weighted by Crippen LogP contribution is -2.20. The zero-order chi connectivity index (χ0) is 21.1. The van der Waals surface area contributed by atoms with Crippen molar-refractivity contribution in [2.24, 2.45) is 0 Å². The number of aromatic nitrogens is 4. The fourth-order valence-electron chi connectivity index (χ4n) is 2.99. The number of carbonyl (C=O) groups excluding carboxylic acids is 1. The Morgan fingerprint density at radius 2 is 1.87 bits per heavy atom. The van der Waals surface area contributed by atoms with Crippen LogP contribution in [0.2, 0.25) is 0 Å². The second kappa shape index (κ2) is 8.42. The van der Waals surface area contributed by atoms with Crippen LogP contribution in [0.25, 0.3) is 11.3 Å². The van der Waals surface area contributed by atoms with Gasteiger partial charge in [-0.3, -0.25) is 18.6 Å². The summed E-state index contributed by atoms with van der Waals surface area (Å²) in [5.41, 5.74) is 0.993. The van der Waals surface area contributed by atoms with Gasteiger partial charge in [0.25, 0.3) is 0 Å². The molecule has 2 aromatic heterocycles. The molecule has 9 heteroatoms. The third kappa shape index (κ3) is 3.67. The molecule has 0 fully saturated rings. The van der Waals surface area contributed by atoms with Gasteiger partial charge in [0.15, 0.2) is 10.9 Å². The maximum Gasteiger partial charge on any atom is 0.300 e. The van der Waals surface area contributed by atoms with Crippen molar-refractivity contribution in [2.45, 2.75) is 5.16 Å². The topological polar surface area (TPSA) is 87.7 Å². The maximum atomic E-state index is 12.9. The van der Waals surface area contributed by atoms with Gasteiger partial charge in [0.05, 0.1) is 25.7 Å². The minimum Gasteiger partial charge on any atom is -0.497 e. The van der Waals surface area contributed by atoms with E-state index in [1.165, 1.54) is 16.3 Å². The van der Waals surface area contributed by atoms with E-state index in [9.17, 15) is 9.59 Å². The second-order valence-electron chi connectivity index (χ2n) is 6.27. The Hall–Kier alpha value is -3.59. The lowest BCUT2D eigenvalue weighted by atomic mass is 10.1. The van der Waals surface area contributed by atoms with E-state index < -0.39 is 0 Å². The van der Waals surface area contributed by atoms with Crippen LogP contribution >= 0.6 is 11.8 Å². The molecular weight excluding hydrogens is 404 g/mol. The fourth-order valence-corrected chi connectivity index (χ4v) is 3.80. The van der Waals surface area contributed by atoms with Crippen molar-refractivity contribution < 1.29 is 14.3 Å².